The van der Waals surface area contributed by atoms with Crippen LogP contribution >= 0.6 is 12.2 Å². The molecular formula is C16H20F3N3O3S. The largest absolute Gasteiger partial charge is 0.471 e. The van der Waals surface area contributed by atoms with Gasteiger partial charge in [-0.3, -0.25) is 9.69 Å². The Kier molecular flexibility index (Phi) is 5.97. The van der Waals surface area contributed by atoms with E-state index in [0.717, 1.165) is 11.8 Å². The summed E-state index contributed by atoms with van der Waals surface area (Å²) in [4.78, 5) is 13.5. The van der Waals surface area contributed by atoms with Crippen LogP contribution in [-0.2, 0) is 9.53 Å². The summed E-state index contributed by atoms with van der Waals surface area (Å²) in [5.74, 6) is -1.62. The van der Waals surface area contributed by atoms with Crippen LogP contribution in [0, 0.1) is 5.92 Å². The summed E-state index contributed by atoms with van der Waals surface area (Å²) in [5, 5.41) is 12.6. The number of halogens is 3. The smallest absolute Gasteiger partial charge is 0.471 e. The Bertz CT molecular complexity index is 675. The molecule has 0 aromatic rings. The molecule has 1 unspecified atom stereocenters. The van der Waals surface area contributed by atoms with E-state index in [2.05, 4.69) is 11.9 Å². The van der Waals surface area contributed by atoms with Gasteiger partial charge in [0.1, 0.15) is 12.4 Å². The first-order valence-corrected chi connectivity index (χ1v) is 8.24. The topological polar surface area (TPSA) is 65.0 Å². The van der Waals surface area contributed by atoms with Crippen LogP contribution in [0.15, 0.2) is 35.9 Å². The molecule has 0 saturated carbocycles. The molecule has 0 spiro atoms. The predicted octanol–water partition coefficient (Wildman–Crippen LogP) is 1.85. The molecule has 0 bridgehead atoms. The number of carbonyl (C=O) groups excluding carboxylic acids is 1. The van der Waals surface area contributed by atoms with Crippen molar-refractivity contribution in [3.05, 3.63) is 35.9 Å². The first kappa shape index (κ1) is 20.2. The number of ether oxygens (including phenoxy) is 1. The Morgan fingerprint density at radius 3 is 2.77 bits per heavy atom. The highest BCUT2D eigenvalue weighted by Gasteiger charge is 2.42. The molecule has 0 aromatic heterocycles. The van der Waals surface area contributed by atoms with Crippen LogP contribution in [0.25, 0.3) is 0 Å². The Morgan fingerprint density at radius 1 is 1.62 bits per heavy atom. The Balaban J connectivity index is 2.19. The van der Waals surface area contributed by atoms with E-state index >= 15 is 0 Å². The molecule has 0 aliphatic carbocycles. The molecule has 2 rings (SSSR count). The van der Waals surface area contributed by atoms with E-state index in [1.54, 1.807) is 11.1 Å². The number of aliphatic hydroxyl groups excluding tert-OH is 1. The zero-order chi connectivity index (χ0) is 19.6. The molecule has 0 saturated heterocycles. The van der Waals surface area contributed by atoms with Gasteiger partial charge in [0.25, 0.3) is 0 Å². The molecule has 0 aromatic carbocycles. The summed E-state index contributed by atoms with van der Waals surface area (Å²) in [6.07, 6.45) is -3.08. The second-order valence-corrected chi connectivity index (χ2v) is 6.41. The van der Waals surface area contributed by atoms with Crippen LogP contribution < -0.4 is 5.32 Å². The van der Waals surface area contributed by atoms with Gasteiger partial charge >= 0.3 is 12.1 Å². The van der Waals surface area contributed by atoms with Crippen LogP contribution in [0.2, 0.25) is 0 Å². The van der Waals surface area contributed by atoms with Gasteiger partial charge in [-0.15, -0.1) is 0 Å². The van der Waals surface area contributed by atoms with Gasteiger partial charge < -0.3 is 20.1 Å². The molecule has 6 nitrogen and oxygen atoms in total. The number of hydrogen-bond donors (Lipinski definition) is 2. The second kappa shape index (κ2) is 7.67. The summed E-state index contributed by atoms with van der Waals surface area (Å²) in [6.45, 7) is 6.68. The van der Waals surface area contributed by atoms with Gasteiger partial charge in [-0.25, -0.2) is 0 Å². The van der Waals surface area contributed by atoms with E-state index in [1.165, 1.54) is 0 Å². The number of rotatable bonds is 5. The monoisotopic (exact) mass is 391 g/mol. The average molecular weight is 391 g/mol. The van der Waals surface area contributed by atoms with Crippen LogP contribution in [0.3, 0.4) is 0 Å². The first-order valence-electron chi connectivity index (χ1n) is 7.83. The van der Waals surface area contributed by atoms with Crippen LogP contribution in [0.1, 0.15) is 13.8 Å². The maximum atomic E-state index is 12.6. The molecular weight excluding hydrogens is 371 g/mol. The lowest BCUT2D eigenvalue weighted by atomic mass is 10.0. The first-order chi connectivity index (χ1) is 12.1. The van der Waals surface area contributed by atoms with Crippen molar-refractivity contribution >= 4 is 23.2 Å². The zero-order valence-corrected chi connectivity index (χ0v) is 15.2. The zero-order valence-electron chi connectivity index (χ0n) is 14.3. The standard InChI is InChI=1S/C16H20F3N3O3S/c1-4-21(14(24)16(17,18)19)6-11-5-20-15(26)22(7-11)13-10(3)9(2)12(8-23)25-13/h4,7,10,13,23H,1,5-6,8H2,2-3H3,(H,20,26)/t10?,13-/m1/s1. The van der Waals surface area contributed by atoms with Crippen LogP contribution in [0.4, 0.5) is 13.2 Å². The minimum absolute atomic E-state index is 0.0835. The minimum atomic E-state index is -4.98. The normalized spacial score (nSPS) is 23.4. The number of hydrogen-bond acceptors (Lipinski definition) is 4. The molecule has 1 amide bonds. The molecule has 2 N–H and O–H groups in total. The fraction of sp³-hybridized carbons (Fsp3) is 0.500. The highest BCUT2D eigenvalue weighted by Crippen LogP contribution is 2.33. The summed E-state index contributed by atoms with van der Waals surface area (Å²) in [6, 6.07) is 0. The number of alkyl halides is 3. The number of nitrogens with one attached hydrogen (secondary N) is 1. The molecule has 2 aliphatic rings. The van der Waals surface area contributed by atoms with Crippen molar-refractivity contribution in [2.45, 2.75) is 26.3 Å². The van der Waals surface area contributed by atoms with Crippen molar-refractivity contribution < 1.29 is 27.8 Å². The number of aliphatic hydroxyl groups is 1. The molecule has 10 heteroatoms. The third kappa shape index (κ3) is 4.01. The van der Waals surface area contributed by atoms with E-state index in [-0.39, 0.29) is 25.6 Å². The number of carbonyl (C=O) groups is 1. The molecule has 2 aliphatic heterocycles. The van der Waals surface area contributed by atoms with E-state index in [0.29, 0.717) is 21.3 Å². The highest BCUT2D eigenvalue weighted by atomic mass is 32.1. The molecule has 2 heterocycles. The molecule has 0 fully saturated rings. The van der Waals surface area contributed by atoms with Crippen molar-refractivity contribution in [3.63, 3.8) is 0 Å². The van der Waals surface area contributed by atoms with Crippen molar-refractivity contribution in [2.24, 2.45) is 5.92 Å². The van der Waals surface area contributed by atoms with E-state index in [1.807, 2.05) is 13.8 Å². The Hall–Kier alpha value is -2.07. The van der Waals surface area contributed by atoms with Crippen molar-refractivity contribution in [1.82, 2.24) is 15.1 Å². The van der Waals surface area contributed by atoms with Gasteiger partial charge in [-0.2, -0.15) is 13.2 Å². The van der Waals surface area contributed by atoms with Crippen molar-refractivity contribution in [1.29, 1.82) is 0 Å². The molecule has 2 atom stereocenters. The second-order valence-electron chi connectivity index (χ2n) is 6.03. The third-order valence-corrected chi connectivity index (χ3v) is 4.71. The average Bonchev–Trinajstić information content (AvgIpc) is 2.87. The Labute approximate surface area is 154 Å². The minimum Gasteiger partial charge on any atom is -0.471 e. The summed E-state index contributed by atoms with van der Waals surface area (Å²) >= 11 is 5.26. The van der Waals surface area contributed by atoms with Crippen molar-refractivity contribution in [3.8, 4) is 0 Å². The summed E-state index contributed by atoms with van der Waals surface area (Å²) < 4.78 is 43.7. The van der Waals surface area contributed by atoms with Gasteiger partial charge in [-0.1, -0.05) is 13.5 Å². The predicted molar refractivity (Wildman–Crippen MR) is 92.3 cm³/mol. The molecule has 0 radical (unpaired) electrons. The fourth-order valence-electron chi connectivity index (χ4n) is 2.74. The van der Waals surface area contributed by atoms with Gasteiger partial charge in [-0.05, 0) is 30.3 Å². The number of amides is 1. The van der Waals surface area contributed by atoms with Crippen molar-refractivity contribution in [2.75, 3.05) is 19.7 Å². The summed E-state index contributed by atoms with van der Waals surface area (Å²) in [7, 11) is 0. The van der Waals surface area contributed by atoms with Gasteiger partial charge in [0.2, 0.25) is 0 Å². The van der Waals surface area contributed by atoms with Crippen LogP contribution in [0.5, 0.6) is 0 Å². The quantitative estimate of drug-likeness (QED) is 0.698. The number of thiocarbonyl (C=S) groups is 1. The van der Waals surface area contributed by atoms with Gasteiger partial charge in [0.05, 0.1) is 0 Å². The highest BCUT2D eigenvalue weighted by molar-refractivity contribution is 7.80. The Morgan fingerprint density at radius 2 is 2.27 bits per heavy atom. The summed E-state index contributed by atoms with van der Waals surface area (Å²) in [5.41, 5.74) is 1.38. The maximum Gasteiger partial charge on any atom is 0.471 e. The van der Waals surface area contributed by atoms with Gasteiger partial charge in [0.15, 0.2) is 11.3 Å². The van der Waals surface area contributed by atoms with Crippen LogP contribution in [-0.4, -0.2) is 58.0 Å². The fourth-order valence-corrected chi connectivity index (χ4v) is 2.97. The lowest BCUT2D eigenvalue weighted by Gasteiger charge is -2.35. The van der Waals surface area contributed by atoms with E-state index in [9.17, 15) is 23.1 Å². The third-order valence-electron chi connectivity index (χ3n) is 4.35. The SMILES string of the molecule is C=CN(CC1=CN([C@@H]2OC(CO)=C(C)C2C)C(=S)NC1)C(=O)C(F)(F)F. The molecule has 144 valence electrons. The van der Waals surface area contributed by atoms with Gasteiger partial charge in [0, 0.05) is 31.4 Å². The lowest BCUT2D eigenvalue weighted by Crippen LogP contribution is -2.50. The lowest BCUT2D eigenvalue weighted by molar-refractivity contribution is -0.182. The van der Waals surface area contributed by atoms with E-state index < -0.39 is 18.3 Å². The maximum absolute atomic E-state index is 12.6. The number of nitrogens with zero attached hydrogens (tertiary/aromatic N) is 2. The van der Waals surface area contributed by atoms with E-state index in [4.69, 9.17) is 17.0 Å². The molecule has 26 heavy (non-hydrogen) atoms.